The van der Waals surface area contributed by atoms with Crippen molar-refractivity contribution in [3.8, 4) is 0 Å². The molecule has 0 fully saturated rings. The van der Waals surface area contributed by atoms with Crippen LogP contribution in [-0.4, -0.2) is 42.9 Å². The van der Waals surface area contributed by atoms with Gasteiger partial charge in [-0.05, 0) is 70.9 Å². The minimum Gasteiger partial charge on any atom is -0.443 e. The van der Waals surface area contributed by atoms with Gasteiger partial charge in [-0.25, -0.2) is 28.5 Å². The van der Waals surface area contributed by atoms with E-state index < -0.39 is 35.2 Å². The SMILES string of the molecule is CC(C)(C)OC(=O)N(Cc1cncc(F)c1)c1ccc(Cc2cn(C(=O)OC(C)(C)C)c3ncc(Cl)cc23)c(F)n1. The second-order valence-electron chi connectivity index (χ2n) is 11.4. The number of ether oxygens (including phenoxy) is 2. The Hall–Kier alpha value is -4.12. The van der Waals surface area contributed by atoms with Gasteiger partial charge in [0, 0.05) is 36.0 Å². The summed E-state index contributed by atoms with van der Waals surface area (Å²) in [6, 6.07) is 5.80. The van der Waals surface area contributed by atoms with Crippen LogP contribution in [0.2, 0.25) is 5.02 Å². The van der Waals surface area contributed by atoms with Gasteiger partial charge in [-0.15, -0.1) is 0 Å². The van der Waals surface area contributed by atoms with Crippen LogP contribution in [0, 0.1) is 11.8 Å². The first kappa shape index (κ1) is 29.9. The Morgan fingerprint density at radius 3 is 2.32 bits per heavy atom. The molecule has 0 unspecified atom stereocenters. The summed E-state index contributed by atoms with van der Waals surface area (Å²) >= 11 is 6.18. The number of rotatable bonds is 5. The Morgan fingerprint density at radius 2 is 1.68 bits per heavy atom. The van der Waals surface area contributed by atoms with Crippen molar-refractivity contribution in [3.05, 3.63) is 82.5 Å². The number of fused-ring (bicyclic) bond motifs is 1. The van der Waals surface area contributed by atoms with Crippen LogP contribution in [0.5, 0.6) is 0 Å². The molecule has 0 radical (unpaired) electrons. The predicted octanol–water partition coefficient (Wildman–Crippen LogP) is 7.07. The lowest BCUT2D eigenvalue weighted by atomic mass is 10.1. The number of carbonyl (C=O) groups excluding carboxylic acids is 2. The van der Waals surface area contributed by atoms with E-state index >= 15 is 4.39 Å². The molecule has 4 aromatic rings. The molecule has 0 saturated heterocycles. The van der Waals surface area contributed by atoms with Gasteiger partial charge in [0.2, 0.25) is 5.95 Å². The first-order valence-corrected chi connectivity index (χ1v) is 13.1. The maximum atomic E-state index is 15.5. The zero-order valence-corrected chi connectivity index (χ0v) is 24.3. The van der Waals surface area contributed by atoms with Gasteiger partial charge in [-0.3, -0.25) is 9.88 Å². The summed E-state index contributed by atoms with van der Waals surface area (Å²) in [7, 11) is 0. The minimum absolute atomic E-state index is 0.0354. The summed E-state index contributed by atoms with van der Waals surface area (Å²) < 4.78 is 41.5. The lowest BCUT2D eigenvalue weighted by Crippen LogP contribution is -2.37. The van der Waals surface area contributed by atoms with Crippen molar-refractivity contribution in [3.63, 3.8) is 0 Å². The monoisotopic (exact) mass is 585 g/mol. The predicted molar refractivity (Wildman–Crippen MR) is 150 cm³/mol. The van der Waals surface area contributed by atoms with Crippen molar-refractivity contribution in [2.24, 2.45) is 0 Å². The summed E-state index contributed by atoms with van der Waals surface area (Å²) in [6.45, 7) is 10.2. The minimum atomic E-state index is -0.846. The Morgan fingerprint density at radius 1 is 0.976 bits per heavy atom. The molecule has 0 N–H and O–H groups in total. The molecule has 0 aromatic carbocycles. The van der Waals surface area contributed by atoms with E-state index in [4.69, 9.17) is 21.1 Å². The number of hydrogen-bond donors (Lipinski definition) is 0. The van der Waals surface area contributed by atoms with E-state index in [9.17, 15) is 14.0 Å². The Bertz CT molecular complexity index is 1610. The summed E-state index contributed by atoms with van der Waals surface area (Å²) in [5.74, 6) is -1.46. The highest BCUT2D eigenvalue weighted by molar-refractivity contribution is 6.31. The fourth-order valence-corrected chi connectivity index (χ4v) is 4.12. The van der Waals surface area contributed by atoms with E-state index in [2.05, 4.69) is 15.0 Å². The maximum absolute atomic E-state index is 15.5. The number of halogens is 3. The van der Waals surface area contributed by atoms with Crippen LogP contribution in [-0.2, 0) is 22.4 Å². The molecule has 0 aliphatic rings. The molecule has 0 spiro atoms. The van der Waals surface area contributed by atoms with Crippen LogP contribution in [0.1, 0.15) is 58.2 Å². The number of anilines is 1. The van der Waals surface area contributed by atoms with Crippen LogP contribution in [0.15, 0.2) is 49.1 Å². The summed E-state index contributed by atoms with van der Waals surface area (Å²) in [4.78, 5) is 39.1. The number of aromatic nitrogens is 4. The van der Waals surface area contributed by atoms with Gasteiger partial charge in [-0.2, -0.15) is 4.39 Å². The molecule has 216 valence electrons. The van der Waals surface area contributed by atoms with Crippen molar-refractivity contribution in [2.75, 3.05) is 4.90 Å². The normalized spacial score (nSPS) is 11.9. The Kier molecular flexibility index (Phi) is 8.30. The van der Waals surface area contributed by atoms with Crippen molar-refractivity contribution in [2.45, 2.75) is 65.7 Å². The van der Waals surface area contributed by atoms with E-state index in [1.165, 1.54) is 41.4 Å². The fourth-order valence-electron chi connectivity index (χ4n) is 3.96. The van der Waals surface area contributed by atoms with Gasteiger partial charge in [0.1, 0.15) is 28.5 Å². The van der Waals surface area contributed by atoms with Gasteiger partial charge in [0.25, 0.3) is 0 Å². The molecule has 12 heteroatoms. The van der Waals surface area contributed by atoms with Crippen LogP contribution in [0.4, 0.5) is 24.2 Å². The van der Waals surface area contributed by atoms with E-state index in [0.717, 1.165) is 11.1 Å². The average molecular weight is 586 g/mol. The molecule has 0 saturated carbocycles. The molecule has 4 aromatic heterocycles. The zero-order valence-electron chi connectivity index (χ0n) is 23.5. The van der Waals surface area contributed by atoms with Gasteiger partial charge in [-0.1, -0.05) is 17.7 Å². The third kappa shape index (κ3) is 7.55. The molecule has 4 heterocycles. The third-order valence-electron chi connectivity index (χ3n) is 5.57. The molecular formula is C29H30ClF2N5O4. The highest BCUT2D eigenvalue weighted by Crippen LogP contribution is 2.28. The first-order valence-electron chi connectivity index (χ1n) is 12.7. The molecule has 41 heavy (non-hydrogen) atoms. The molecule has 4 rings (SSSR count). The molecule has 0 bridgehead atoms. The van der Waals surface area contributed by atoms with Crippen molar-refractivity contribution in [1.82, 2.24) is 19.5 Å². The van der Waals surface area contributed by atoms with Gasteiger partial charge in [0.15, 0.2) is 0 Å². The highest BCUT2D eigenvalue weighted by Gasteiger charge is 2.27. The fraction of sp³-hybridized carbons (Fsp3) is 0.345. The van der Waals surface area contributed by atoms with E-state index in [1.54, 1.807) is 47.6 Å². The lowest BCUT2D eigenvalue weighted by molar-refractivity contribution is 0.0540. The quantitative estimate of drug-likeness (QED) is 0.231. The van der Waals surface area contributed by atoms with Gasteiger partial charge < -0.3 is 9.47 Å². The van der Waals surface area contributed by atoms with Gasteiger partial charge >= 0.3 is 12.2 Å². The standard InChI is InChI=1S/C29H30ClF2N5O4/c1-28(2,3)40-26(38)36(15-17-9-21(31)14-33-12-17)23-8-7-18(24(32)35-23)10-19-16-37(27(39)41-29(4,5)6)25-22(19)11-20(30)13-34-25/h7-9,11-14,16H,10,15H2,1-6H3. The van der Waals surface area contributed by atoms with Crippen LogP contribution in [0.3, 0.4) is 0 Å². The second-order valence-corrected chi connectivity index (χ2v) is 11.8. The molecule has 0 atom stereocenters. The highest BCUT2D eigenvalue weighted by atomic mass is 35.5. The van der Waals surface area contributed by atoms with Crippen LogP contribution < -0.4 is 4.90 Å². The molecule has 0 aliphatic carbocycles. The molecule has 9 nitrogen and oxygen atoms in total. The smallest absolute Gasteiger partial charge is 0.420 e. The number of pyridine rings is 3. The van der Waals surface area contributed by atoms with E-state index in [-0.39, 0.29) is 24.3 Å². The summed E-state index contributed by atoms with van der Waals surface area (Å²) in [6.07, 6.45) is 3.97. The van der Waals surface area contributed by atoms with E-state index in [1.807, 2.05) is 0 Å². The van der Waals surface area contributed by atoms with Crippen molar-refractivity contribution in [1.29, 1.82) is 0 Å². The Labute approximate surface area is 241 Å². The molecule has 0 aliphatic heterocycles. The topological polar surface area (TPSA) is 99.4 Å². The first-order chi connectivity index (χ1) is 19.1. The second kappa shape index (κ2) is 11.4. The van der Waals surface area contributed by atoms with Gasteiger partial charge in [0.05, 0.1) is 17.8 Å². The lowest BCUT2D eigenvalue weighted by Gasteiger charge is -2.27. The summed E-state index contributed by atoms with van der Waals surface area (Å²) in [5, 5.41) is 0.885. The van der Waals surface area contributed by atoms with Crippen LogP contribution >= 0.6 is 11.6 Å². The van der Waals surface area contributed by atoms with Crippen molar-refractivity contribution >= 4 is 40.6 Å². The Balaban J connectivity index is 1.68. The average Bonchev–Trinajstić information content (AvgIpc) is 3.19. The van der Waals surface area contributed by atoms with Crippen LogP contribution in [0.25, 0.3) is 11.0 Å². The summed E-state index contributed by atoms with van der Waals surface area (Å²) in [5.41, 5.74) is -0.165. The molecular weight excluding hydrogens is 556 g/mol. The number of carbonyl (C=O) groups is 2. The van der Waals surface area contributed by atoms with Crippen molar-refractivity contribution < 1.29 is 27.8 Å². The third-order valence-corrected chi connectivity index (χ3v) is 5.77. The van der Waals surface area contributed by atoms with E-state index in [0.29, 0.717) is 27.2 Å². The number of hydrogen-bond acceptors (Lipinski definition) is 7. The maximum Gasteiger partial charge on any atom is 0.420 e. The molecule has 1 amide bonds. The number of nitrogens with zero attached hydrogens (tertiary/aromatic N) is 5. The zero-order chi connectivity index (χ0) is 30.1. The number of amides is 1. The largest absolute Gasteiger partial charge is 0.443 e.